The molecule has 0 bridgehead atoms. The van der Waals surface area contributed by atoms with E-state index in [1.807, 2.05) is 25.1 Å². The zero-order valence-corrected chi connectivity index (χ0v) is 19.2. The number of Topliss-reactive ketones (excluding diaryl/α,β-unsaturated/α-hetero) is 1. The van der Waals surface area contributed by atoms with Crippen LogP contribution in [0.25, 0.3) is 16.0 Å². The van der Waals surface area contributed by atoms with Gasteiger partial charge in [0.15, 0.2) is 5.13 Å². The van der Waals surface area contributed by atoms with E-state index in [0.29, 0.717) is 27.5 Å². The molecule has 0 saturated carbocycles. The largest absolute Gasteiger partial charge is 0.508 e. The molecule has 1 amide bonds. The number of amides is 1. The van der Waals surface area contributed by atoms with Gasteiger partial charge in [-0.15, -0.1) is 0 Å². The third-order valence-corrected chi connectivity index (χ3v) is 6.73. The van der Waals surface area contributed by atoms with Gasteiger partial charge in [-0.05, 0) is 54.4 Å². The molecule has 8 heteroatoms. The van der Waals surface area contributed by atoms with E-state index >= 15 is 0 Å². The summed E-state index contributed by atoms with van der Waals surface area (Å²) in [5.74, 6) is -1.49. The van der Waals surface area contributed by atoms with Crippen molar-refractivity contribution in [2.45, 2.75) is 13.0 Å². The molecular formula is C26H20N2O5S. The molecule has 0 radical (unpaired) electrons. The van der Waals surface area contributed by atoms with Crippen molar-refractivity contribution in [1.29, 1.82) is 0 Å². The Bertz CT molecular complexity index is 1490. The van der Waals surface area contributed by atoms with Crippen LogP contribution in [0.1, 0.15) is 22.7 Å². The first-order valence-electron chi connectivity index (χ1n) is 10.5. The zero-order chi connectivity index (χ0) is 24.0. The highest BCUT2D eigenvalue weighted by molar-refractivity contribution is 7.22. The van der Waals surface area contributed by atoms with E-state index in [1.165, 1.54) is 35.5 Å². The van der Waals surface area contributed by atoms with Gasteiger partial charge in [0.1, 0.15) is 17.3 Å². The molecule has 1 fully saturated rings. The molecule has 34 heavy (non-hydrogen) atoms. The lowest BCUT2D eigenvalue weighted by Crippen LogP contribution is -2.29. The Labute approximate surface area is 199 Å². The number of phenols is 1. The fourth-order valence-electron chi connectivity index (χ4n) is 4.09. The van der Waals surface area contributed by atoms with Gasteiger partial charge >= 0.3 is 5.91 Å². The summed E-state index contributed by atoms with van der Waals surface area (Å²) in [6.45, 7) is 1.96. The monoisotopic (exact) mass is 472 g/mol. The molecule has 1 atom stereocenters. The number of methoxy groups -OCH3 is 1. The summed E-state index contributed by atoms with van der Waals surface area (Å²) < 4.78 is 6.11. The molecule has 170 valence electrons. The quantitative estimate of drug-likeness (QED) is 0.248. The first-order valence-corrected chi connectivity index (χ1v) is 11.3. The number of anilines is 1. The second-order valence-corrected chi connectivity index (χ2v) is 8.97. The summed E-state index contributed by atoms with van der Waals surface area (Å²) in [4.78, 5) is 32.5. The first-order chi connectivity index (χ1) is 16.4. The van der Waals surface area contributed by atoms with Crippen molar-refractivity contribution < 1.29 is 24.5 Å². The number of nitrogens with zero attached hydrogens (tertiary/aromatic N) is 2. The van der Waals surface area contributed by atoms with Crippen molar-refractivity contribution in [3.05, 3.63) is 89.0 Å². The Balaban J connectivity index is 1.74. The molecule has 1 saturated heterocycles. The number of aliphatic hydroxyl groups excluding tert-OH is 1. The molecule has 1 aliphatic heterocycles. The van der Waals surface area contributed by atoms with E-state index < -0.39 is 17.7 Å². The number of aryl methyl sites for hydroxylation is 1. The van der Waals surface area contributed by atoms with Gasteiger partial charge < -0.3 is 14.9 Å². The second kappa shape index (κ2) is 8.31. The van der Waals surface area contributed by atoms with Crippen LogP contribution in [0.4, 0.5) is 5.13 Å². The fourth-order valence-corrected chi connectivity index (χ4v) is 5.18. The number of thiazole rings is 1. The van der Waals surface area contributed by atoms with Crippen molar-refractivity contribution in [3.63, 3.8) is 0 Å². The Kier molecular flexibility index (Phi) is 5.30. The number of carbonyl (C=O) groups is 2. The van der Waals surface area contributed by atoms with E-state index in [1.54, 1.807) is 36.4 Å². The maximum absolute atomic E-state index is 13.3. The Morgan fingerprint density at radius 1 is 1.06 bits per heavy atom. The van der Waals surface area contributed by atoms with Crippen LogP contribution in [-0.2, 0) is 9.59 Å². The predicted molar refractivity (Wildman–Crippen MR) is 130 cm³/mol. The normalized spacial score (nSPS) is 17.5. The summed E-state index contributed by atoms with van der Waals surface area (Å²) in [5.41, 5.74) is 2.48. The lowest BCUT2D eigenvalue weighted by Gasteiger charge is -2.23. The maximum atomic E-state index is 13.3. The lowest BCUT2D eigenvalue weighted by molar-refractivity contribution is -0.132. The molecule has 2 heterocycles. The highest BCUT2D eigenvalue weighted by Gasteiger charge is 2.48. The number of phenolic OH excluding ortho intramolecular Hbond substituents is 1. The van der Waals surface area contributed by atoms with Crippen molar-refractivity contribution in [3.8, 4) is 11.5 Å². The third-order valence-electron chi connectivity index (χ3n) is 5.71. The van der Waals surface area contributed by atoms with Gasteiger partial charge in [0.05, 0.1) is 28.9 Å². The highest BCUT2D eigenvalue weighted by Crippen LogP contribution is 2.45. The molecule has 0 spiro atoms. The number of aliphatic hydroxyl groups is 1. The molecule has 5 rings (SSSR count). The topological polar surface area (TPSA) is 100.0 Å². The summed E-state index contributed by atoms with van der Waals surface area (Å²) in [6, 6.07) is 17.7. The standard InChI is InChI=1S/C26H20N2O5S/c1-14-9-10-19-20(11-14)34-26(27-19)28-22(15-5-3-7-17(29)12-15)21(24(31)25(28)32)23(30)16-6-4-8-18(13-16)33-2/h3-13,22,29-30H,1-2H3/b23-21+. The number of hydrogen-bond donors (Lipinski definition) is 2. The minimum atomic E-state index is -0.972. The highest BCUT2D eigenvalue weighted by atomic mass is 32.1. The molecule has 0 aliphatic carbocycles. The fraction of sp³-hybridized carbons (Fsp3) is 0.115. The van der Waals surface area contributed by atoms with Crippen LogP contribution in [0, 0.1) is 6.92 Å². The summed E-state index contributed by atoms with van der Waals surface area (Å²) >= 11 is 1.29. The van der Waals surface area contributed by atoms with E-state index in [4.69, 9.17) is 4.74 Å². The number of hydrogen-bond acceptors (Lipinski definition) is 7. The Morgan fingerprint density at radius 3 is 2.62 bits per heavy atom. The van der Waals surface area contributed by atoms with Crippen LogP contribution in [0.15, 0.2) is 72.3 Å². The van der Waals surface area contributed by atoms with E-state index in [-0.39, 0.29) is 17.1 Å². The number of rotatable bonds is 4. The SMILES string of the molecule is COc1cccc(/C(O)=C2\C(=O)C(=O)N(c3nc4ccc(C)cc4s3)C2c2cccc(O)c2)c1. The number of ketones is 1. The molecule has 7 nitrogen and oxygen atoms in total. The van der Waals surface area contributed by atoms with Crippen molar-refractivity contribution in [2.24, 2.45) is 0 Å². The minimum absolute atomic E-state index is 0.0237. The number of aromatic hydroxyl groups is 1. The van der Waals surface area contributed by atoms with E-state index in [0.717, 1.165) is 10.3 Å². The molecule has 2 N–H and O–H groups in total. The molecule has 4 aromatic rings. The van der Waals surface area contributed by atoms with Crippen LogP contribution < -0.4 is 9.64 Å². The summed E-state index contributed by atoms with van der Waals surface area (Å²) in [7, 11) is 1.50. The third kappa shape index (κ3) is 3.58. The number of carbonyl (C=O) groups excluding carboxylic acids is 2. The van der Waals surface area contributed by atoms with Crippen LogP contribution >= 0.6 is 11.3 Å². The first kappa shape index (κ1) is 21.7. The van der Waals surface area contributed by atoms with Gasteiger partial charge in [-0.3, -0.25) is 14.5 Å². The van der Waals surface area contributed by atoms with Crippen LogP contribution in [0.3, 0.4) is 0 Å². The summed E-state index contributed by atoms with van der Waals surface area (Å²) in [5, 5.41) is 21.7. The van der Waals surface area contributed by atoms with Gasteiger partial charge in [-0.2, -0.15) is 0 Å². The predicted octanol–water partition coefficient (Wildman–Crippen LogP) is 4.95. The van der Waals surface area contributed by atoms with Crippen molar-refractivity contribution in [1.82, 2.24) is 4.98 Å². The van der Waals surface area contributed by atoms with Crippen LogP contribution in [0.2, 0.25) is 0 Å². The van der Waals surface area contributed by atoms with Crippen LogP contribution in [0.5, 0.6) is 11.5 Å². The van der Waals surface area contributed by atoms with E-state index in [9.17, 15) is 19.8 Å². The van der Waals surface area contributed by atoms with Crippen LogP contribution in [-0.4, -0.2) is 34.0 Å². The maximum Gasteiger partial charge on any atom is 0.301 e. The zero-order valence-electron chi connectivity index (χ0n) is 18.4. The number of aromatic nitrogens is 1. The molecular weight excluding hydrogens is 452 g/mol. The van der Waals surface area contributed by atoms with Gasteiger partial charge in [0.25, 0.3) is 5.78 Å². The average molecular weight is 473 g/mol. The smallest absolute Gasteiger partial charge is 0.301 e. The Hall–Kier alpha value is -4.17. The van der Waals surface area contributed by atoms with E-state index in [2.05, 4.69) is 4.98 Å². The molecule has 1 aromatic heterocycles. The molecule has 3 aromatic carbocycles. The van der Waals surface area contributed by atoms with Crippen molar-refractivity contribution >= 4 is 44.1 Å². The molecule has 1 unspecified atom stereocenters. The van der Waals surface area contributed by atoms with Gasteiger partial charge in [0.2, 0.25) is 0 Å². The Morgan fingerprint density at radius 2 is 1.85 bits per heavy atom. The number of ether oxygens (including phenoxy) is 1. The minimum Gasteiger partial charge on any atom is -0.508 e. The summed E-state index contributed by atoms with van der Waals surface area (Å²) in [6.07, 6.45) is 0. The van der Waals surface area contributed by atoms with Gasteiger partial charge in [-0.25, -0.2) is 4.98 Å². The second-order valence-electron chi connectivity index (χ2n) is 7.96. The number of benzene rings is 3. The number of fused-ring (bicyclic) bond motifs is 1. The lowest BCUT2D eigenvalue weighted by atomic mass is 9.95. The average Bonchev–Trinajstić information content (AvgIpc) is 3.36. The molecule has 1 aliphatic rings. The van der Waals surface area contributed by atoms with Crippen molar-refractivity contribution in [2.75, 3.05) is 12.0 Å². The van der Waals surface area contributed by atoms with Gasteiger partial charge in [-0.1, -0.05) is 41.7 Å². The van der Waals surface area contributed by atoms with Gasteiger partial charge in [0, 0.05) is 5.56 Å².